The second-order valence-electron chi connectivity index (χ2n) is 28.6. The Balaban J connectivity index is 0.000000262. The fourth-order valence-electron chi connectivity index (χ4n) is 14.7. The molecule has 0 aliphatic carbocycles. The van der Waals surface area contributed by atoms with Gasteiger partial charge >= 0.3 is 0 Å². The molecule has 508 valence electrons. The van der Waals surface area contributed by atoms with Crippen LogP contribution in [0.5, 0.6) is 23.0 Å². The fourth-order valence-corrected chi connectivity index (χ4v) is 15.2. The molecule has 5 N–H and O–H groups in total. The average molecular weight is 1320 g/mol. The van der Waals surface area contributed by atoms with E-state index in [9.17, 15) is 37.6 Å². The summed E-state index contributed by atoms with van der Waals surface area (Å²) in [4.78, 5) is 39.6. The first-order chi connectivity index (χ1) is 44.7. The molecule has 0 aromatic heterocycles. The monoisotopic (exact) mass is 1320 g/mol. The van der Waals surface area contributed by atoms with Crippen LogP contribution in [0.3, 0.4) is 0 Å². The number of anilines is 1. The first-order valence-corrected chi connectivity index (χ1v) is 35.2. The number of nitrogens with zero attached hydrogens (tertiary/aromatic N) is 3. The van der Waals surface area contributed by atoms with E-state index in [1.54, 1.807) is 12.1 Å². The molecule has 5 aliphatic heterocycles. The number of fused-ring (bicyclic) bond motifs is 5. The zero-order chi connectivity index (χ0) is 69.4. The van der Waals surface area contributed by atoms with Crippen LogP contribution in [-0.2, 0) is 58.3 Å². The Bertz CT molecular complexity index is 4150. The molecule has 0 spiro atoms. The summed E-state index contributed by atoms with van der Waals surface area (Å²) in [6.45, 7) is 39.1. The van der Waals surface area contributed by atoms with Crippen LogP contribution in [0.2, 0.25) is 0 Å². The van der Waals surface area contributed by atoms with E-state index >= 15 is 0 Å². The number of aromatic hydroxyl groups is 2. The maximum Gasteiger partial charge on any atom is 0.294 e. The molecule has 0 saturated carbocycles. The van der Waals surface area contributed by atoms with Crippen LogP contribution in [0, 0.1) is 61.3 Å². The summed E-state index contributed by atoms with van der Waals surface area (Å²) in [5.41, 5.74) is 18.0. The van der Waals surface area contributed by atoms with Crippen molar-refractivity contribution < 1.29 is 60.9 Å². The Kier molecular flexibility index (Phi) is 21.0. The molecule has 10 rings (SSSR count). The zero-order valence-electron chi connectivity index (χ0n) is 59.1. The number of phenols is 2. The molecule has 5 aromatic carbocycles. The molecule has 95 heavy (non-hydrogen) atoms. The van der Waals surface area contributed by atoms with Gasteiger partial charge in [-0.15, -0.1) is 0 Å². The highest BCUT2D eigenvalue weighted by Crippen LogP contribution is 2.50. The summed E-state index contributed by atoms with van der Waals surface area (Å²) in [5, 5.41) is 27.4. The van der Waals surface area contributed by atoms with Gasteiger partial charge in [0.2, 0.25) is 17.3 Å². The standard InChI is InChI=1S/C49H61N3O8S.C29H38N2O3/c1-31-19-21-41-39(27-31)48(6,7)43(52(41)25-16-23-50-47(55)38-29-37-34(4)45(54)32(2)33(3)46(37)60-35(38)5)17-12-10-13-18-44-49(8,9)40-28-36(61(56,57)58)20-22-42(40)51(44)24-14-11-15-26-59-30-53;1-17-10-11-24-23(16-17)28(6,7)21(5)31(24)15-9-14-30-27(33)29(8)13-12-22-20(4)25(32)18(2)19(3)26(22)34-29/h10,12-13,17-22,27-28,30,35,38H,11,14-16,23-26,29H2,1-9H3,(H2-,50,54,55,56,57,58);10-11,16H,9,12-15H2,1-8H3,(H-,30,32,33)/p+2. The normalized spacial score (nSPS) is 20.0. The molecule has 5 aliphatic rings. The van der Waals surface area contributed by atoms with E-state index in [0.29, 0.717) is 64.3 Å². The van der Waals surface area contributed by atoms with Gasteiger partial charge in [0.05, 0.1) is 28.3 Å². The van der Waals surface area contributed by atoms with Crippen LogP contribution in [0.1, 0.15) is 173 Å². The summed E-state index contributed by atoms with van der Waals surface area (Å²) in [6.07, 6.45) is 15.8. The molecule has 2 amide bonds. The summed E-state index contributed by atoms with van der Waals surface area (Å²) in [7, 11) is -4.38. The van der Waals surface area contributed by atoms with Gasteiger partial charge in [-0.05, 0) is 198 Å². The van der Waals surface area contributed by atoms with E-state index in [-0.39, 0.29) is 45.3 Å². The predicted molar refractivity (Wildman–Crippen MR) is 377 cm³/mol. The number of allylic oxidation sites excluding steroid dienone is 6. The minimum absolute atomic E-state index is 0.0178. The maximum atomic E-state index is 13.6. The van der Waals surface area contributed by atoms with Gasteiger partial charge in [0.15, 0.2) is 23.6 Å². The van der Waals surface area contributed by atoms with E-state index in [2.05, 4.69) is 142 Å². The molecule has 16 nitrogen and oxygen atoms in total. The number of nitrogens with one attached hydrogen (secondary N) is 2. The summed E-state index contributed by atoms with van der Waals surface area (Å²) < 4.78 is 56.1. The van der Waals surface area contributed by atoms with Gasteiger partial charge in [0.25, 0.3) is 22.5 Å². The summed E-state index contributed by atoms with van der Waals surface area (Å²) >= 11 is 0. The molecule has 3 unspecified atom stereocenters. The third-order valence-electron chi connectivity index (χ3n) is 21.2. The fraction of sp³-hybridized carbons (Fsp3) is 0.474. The van der Waals surface area contributed by atoms with E-state index in [1.165, 1.54) is 39.7 Å². The third kappa shape index (κ3) is 14.0. The van der Waals surface area contributed by atoms with Crippen molar-refractivity contribution >= 4 is 56.9 Å². The second kappa shape index (κ2) is 28.0. The number of hydrogen-bond donors (Lipinski definition) is 5. The number of benzene rings is 5. The average Bonchev–Trinajstić information content (AvgIpc) is 1.71. The van der Waals surface area contributed by atoms with Gasteiger partial charge in [-0.3, -0.25) is 18.9 Å². The summed E-state index contributed by atoms with van der Waals surface area (Å²) in [6, 6.07) is 18.0. The van der Waals surface area contributed by atoms with Gasteiger partial charge in [-0.25, -0.2) is 0 Å². The van der Waals surface area contributed by atoms with Crippen molar-refractivity contribution in [3.8, 4) is 23.0 Å². The SMILES string of the molecule is CC1=[N+](CCCNC(=O)C2(C)CCc3c(C)c(O)c(C)c(C)c3O2)c2ccc(C)cc2C1(C)C.Cc1ccc2c(c1)C(C)(C)C(=CC=CC=CC1=[N+](CCCCCOC=O)c3ccc(S(=O)(=O)O)cc3C1(C)C)N2CCCNC(=O)C1Cc2c(C)c(O)c(C)c(C)c2OC1C. The molecule has 0 fully saturated rings. The highest BCUT2D eigenvalue weighted by atomic mass is 32.2. The van der Waals surface area contributed by atoms with Crippen LogP contribution < -0.4 is 25.0 Å². The first-order valence-electron chi connectivity index (χ1n) is 33.7. The molecule has 0 saturated heterocycles. The van der Waals surface area contributed by atoms with E-state index in [1.807, 2.05) is 67.5 Å². The number of phenolic OH excluding ortho intramolecular Hbond substituents is 2. The molecule has 3 atom stereocenters. The lowest BCUT2D eigenvalue weighted by molar-refractivity contribution is -0.439. The Labute approximate surface area is 563 Å². The van der Waals surface area contributed by atoms with Crippen molar-refractivity contribution in [3.63, 3.8) is 0 Å². The summed E-state index contributed by atoms with van der Waals surface area (Å²) in [5.74, 6) is 1.66. The Morgan fingerprint density at radius 3 is 1.97 bits per heavy atom. The molecule has 5 heterocycles. The molecule has 0 bridgehead atoms. The first kappa shape index (κ1) is 71.3. The minimum Gasteiger partial charge on any atom is -0.507 e. The topological polar surface area (TPSA) is 207 Å². The van der Waals surface area contributed by atoms with Crippen LogP contribution in [-0.4, -0.2) is 113 Å². The van der Waals surface area contributed by atoms with Crippen LogP contribution in [0.15, 0.2) is 95.6 Å². The maximum absolute atomic E-state index is 13.6. The predicted octanol–water partition coefficient (Wildman–Crippen LogP) is 13.8. The Morgan fingerprint density at radius 2 is 1.28 bits per heavy atom. The number of carbonyl (C=O) groups is 3. The van der Waals surface area contributed by atoms with Gasteiger partial charge in [0, 0.05) is 103 Å². The lowest BCUT2D eigenvalue weighted by Crippen LogP contribution is -2.51. The highest BCUT2D eigenvalue weighted by molar-refractivity contribution is 7.85. The van der Waals surface area contributed by atoms with E-state index < -0.39 is 21.1 Å². The molecule has 0 radical (unpaired) electrons. The molecule has 17 heteroatoms. The Hall–Kier alpha value is -8.02. The second-order valence-corrected chi connectivity index (χ2v) is 30.0. The van der Waals surface area contributed by atoms with Crippen molar-refractivity contribution in [1.82, 2.24) is 10.6 Å². The van der Waals surface area contributed by atoms with Crippen molar-refractivity contribution in [1.29, 1.82) is 0 Å². The van der Waals surface area contributed by atoms with Crippen molar-refractivity contribution in [3.05, 3.63) is 163 Å². The van der Waals surface area contributed by atoms with Crippen LogP contribution in [0.4, 0.5) is 17.1 Å². The molecule has 5 aromatic rings. The van der Waals surface area contributed by atoms with Gasteiger partial charge in [-0.1, -0.05) is 61.4 Å². The van der Waals surface area contributed by atoms with Crippen molar-refractivity contribution in [2.24, 2.45) is 5.92 Å². The van der Waals surface area contributed by atoms with Crippen LogP contribution in [0.25, 0.3) is 0 Å². The number of aryl methyl sites for hydroxylation is 2. The smallest absolute Gasteiger partial charge is 0.294 e. The number of ether oxygens (including phenoxy) is 3. The largest absolute Gasteiger partial charge is 0.507 e. The molecular formula is C78H101N5O11S+2. The van der Waals surface area contributed by atoms with E-state index in [4.69, 9.17) is 14.2 Å². The highest BCUT2D eigenvalue weighted by Gasteiger charge is 2.47. The van der Waals surface area contributed by atoms with Gasteiger partial charge < -0.3 is 40.0 Å². The molecular weight excluding hydrogens is 1210 g/mol. The number of amides is 2. The van der Waals surface area contributed by atoms with Crippen molar-refractivity contribution in [2.45, 2.75) is 202 Å². The third-order valence-corrected chi connectivity index (χ3v) is 22.1. The lowest BCUT2D eigenvalue weighted by Gasteiger charge is -2.36. The van der Waals surface area contributed by atoms with Crippen molar-refractivity contribution in [2.75, 3.05) is 44.2 Å². The zero-order valence-corrected chi connectivity index (χ0v) is 59.9. The quantitative estimate of drug-likeness (QED) is 0.0153. The van der Waals surface area contributed by atoms with Gasteiger partial charge in [0.1, 0.15) is 35.6 Å². The van der Waals surface area contributed by atoms with Crippen LogP contribution >= 0.6 is 0 Å². The van der Waals surface area contributed by atoms with Gasteiger partial charge in [-0.2, -0.15) is 17.6 Å². The number of rotatable bonds is 21. The van der Waals surface area contributed by atoms with E-state index in [0.717, 1.165) is 123 Å². The minimum atomic E-state index is -4.38. The lowest BCUT2D eigenvalue weighted by atomic mass is 9.81. The number of carbonyl (C=O) groups excluding carboxylic acids is 3. The number of unbranched alkanes of at least 4 members (excludes halogenated alkanes) is 2. The number of hydrogen-bond acceptors (Lipinski definition) is 11. The Morgan fingerprint density at radius 1 is 0.674 bits per heavy atom.